The van der Waals surface area contributed by atoms with E-state index in [1.54, 1.807) is 6.07 Å². The molecule has 4 nitrogen and oxygen atoms in total. The van der Waals surface area contributed by atoms with Crippen molar-refractivity contribution in [2.45, 2.75) is 20.5 Å². The molecule has 0 bridgehead atoms. The average molecular weight is 270 g/mol. The van der Waals surface area contributed by atoms with Crippen LogP contribution in [0.1, 0.15) is 19.4 Å². The number of hydrogen-bond acceptors (Lipinski definition) is 4. The van der Waals surface area contributed by atoms with E-state index in [1.165, 1.54) is 12.1 Å². The van der Waals surface area contributed by atoms with Crippen molar-refractivity contribution in [1.29, 1.82) is 0 Å². The molecule has 19 heavy (non-hydrogen) atoms. The topological polar surface area (TPSA) is 58.9 Å². The minimum Gasteiger partial charge on any atom is -0.423 e. The van der Waals surface area contributed by atoms with Gasteiger partial charge in [-0.25, -0.2) is 4.39 Å². The van der Waals surface area contributed by atoms with Crippen molar-refractivity contribution < 1.29 is 23.9 Å². The second kappa shape index (κ2) is 8.27. The van der Waals surface area contributed by atoms with Gasteiger partial charge in [-0.3, -0.25) is 0 Å². The summed E-state index contributed by atoms with van der Waals surface area (Å²) in [7, 11) is -1.81. The van der Waals surface area contributed by atoms with Crippen LogP contribution in [0.2, 0.25) is 0 Å². The highest BCUT2D eigenvalue weighted by molar-refractivity contribution is 6.58. The van der Waals surface area contributed by atoms with Crippen LogP contribution in [-0.4, -0.2) is 37.0 Å². The van der Waals surface area contributed by atoms with E-state index in [0.29, 0.717) is 31.3 Å². The zero-order chi connectivity index (χ0) is 14.3. The van der Waals surface area contributed by atoms with E-state index < -0.39 is 12.9 Å². The molecule has 0 radical (unpaired) electrons. The first-order valence-corrected chi connectivity index (χ1v) is 6.30. The van der Waals surface area contributed by atoms with Gasteiger partial charge < -0.3 is 19.5 Å². The Kier molecular flexibility index (Phi) is 7.01. The maximum atomic E-state index is 13.2. The molecule has 0 saturated heterocycles. The summed E-state index contributed by atoms with van der Waals surface area (Å²) in [6.45, 7) is 6.07. The van der Waals surface area contributed by atoms with E-state index in [-0.39, 0.29) is 12.1 Å². The number of rotatable bonds is 8. The Hall–Kier alpha value is -0.945. The Balaban J connectivity index is 2.32. The zero-order valence-corrected chi connectivity index (χ0v) is 11.3. The van der Waals surface area contributed by atoms with Gasteiger partial charge in [0.1, 0.15) is 5.82 Å². The van der Waals surface area contributed by atoms with Gasteiger partial charge in [-0.1, -0.05) is 26.0 Å². The van der Waals surface area contributed by atoms with E-state index in [4.69, 9.17) is 19.5 Å². The standard InChI is InChI=1S/C13H20BFO4/c1-10(2)8-18-5-6-19-9-11-3-4-13(15)12(7-11)14(16)17/h3-4,7,10,16-17H,5-6,8-9H2,1-2H3. The molecule has 0 aliphatic heterocycles. The fourth-order valence-corrected chi connectivity index (χ4v) is 1.51. The lowest BCUT2D eigenvalue weighted by Gasteiger charge is -2.09. The maximum absolute atomic E-state index is 13.2. The van der Waals surface area contributed by atoms with Crippen LogP contribution in [0, 0.1) is 11.7 Å². The third kappa shape index (κ3) is 6.16. The van der Waals surface area contributed by atoms with Crippen LogP contribution in [0.3, 0.4) is 0 Å². The summed E-state index contributed by atoms with van der Waals surface area (Å²) in [6.07, 6.45) is 0. The third-order valence-electron chi connectivity index (χ3n) is 2.43. The largest absolute Gasteiger partial charge is 0.491 e. The number of benzene rings is 1. The van der Waals surface area contributed by atoms with Gasteiger partial charge in [0.2, 0.25) is 0 Å². The Bertz CT molecular complexity index is 385. The summed E-state index contributed by atoms with van der Waals surface area (Å²) >= 11 is 0. The molecule has 6 heteroatoms. The number of ether oxygens (including phenoxy) is 2. The molecule has 106 valence electrons. The van der Waals surface area contributed by atoms with Crippen LogP contribution in [0.15, 0.2) is 18.2 Å². The van der Waals surface area contributed by atoms with Gasteiger partial charge in [0.05, 0.1) is 19.8 Å². The second-order valence-corrected chi connectivity index (χ2v) is 4.75. The molecule has 0 aliphatic carbocycles. The van der Waals surface area contributed by atoms with Crippen LogP contribution in [0.5, 0.6) is 0 Å². The summed E-state index contributed by atoms with van der Waals surface area (Å²) in [5, 5.41) is 18.0. The number of hydrogen-bond donors (Lipinski definition) is 2. The summed E-state index contributed by atoms with van der Waals surface area (Å²) in [6, 6.07) is 4.13. The molecule has 2 N–H and O–H groups in total. The minimum atomic E-state index is -1.81. The van der Waals surface area contributed by atoms with Crippen LogP contribution >= 0.6 is 0 Å². The van der Waals surface area contributed by atoms with Gasteiger partial charge >= 0.3 is 7.12 Å². The van der Waals surface area contributed by atoms with Crippen molar-refractivity contribution in [3.8, 4) is 0 Å². The molecular weight excluding hydrogens is 250 g/mol. The van der Waals surface area contributed by atoms with Gasteiger partial charge in [-0.05, 0) is 17.5 Å². The predicted octanol–water partition coefficient (Wildman–Crippen LogP) is 0.695. The molecule has 0 spiro atoms. The van der Waals surface area contributed by atoms with E-state index in [9.17, 15) is 4.39 Å². The van der Waals surface area contributed by atoms with Crippen LogP contribution in [-0.2, 0) is 16.1 Å². The zero-order valence-electron chi connectivity index (χ0n) is 11.3. The molecule has 0 atom stereocenters. The van der Waals surface area contributed by atoms with Crippen molar-refractivity contribution >= 4 is 12.6 Å². The van der Waals surface area contributed by atoms with E-state index in [0.717, 1.165) is 0 Å². The molecule has 0 saturated carbocycles. The smallest absolute Gasteiger partial charge is 0.423 e. The van der Waals surface area contributed by atoms with Crippen molar-refractivity contribution in [3.05, 3.63) is 29.6 Å². The van der Waals surface area contributed by atoms with Crippen molar-refractivity contribution in [1.82, 2.24) is 0 Å². The average Bonchev–Trinajstić information content (AvgIpc) is 2.34. The van der Waals surface area contributed by atoms with E-state index in [2.05, 4.69) is 13.8 Å². The lowest BCUT2D eigenvalue weighted by Crippen LogP contribution is -2.33. The van der Waals surface area contributed by atoms with Crippen molar-refractivity contribution in [2.24, 2.45) is 5.92 Å². The van der Waals surface area contributed by atoms with Gasteiger partial charge in [0, 0.05) is 12.1 Å². The molecule has 1 aromatic rings. The number of halogens is 1. The Morgan fingerprint density at radius 2 is 1.89 bits per heavy atom. The molecule has 0 unspecified atom stereocenters. The van der Waals surface area contributed by atoms with Gasteiger partial charge in [0.15, 0.2) is 0 Å². The molecule has 1 aromatic carbocycles. The van der Waals surface area contributed by atoms with Crippen molar-refractivity contribution in [3.63, 3.8) is 0 Å². The molecular formula is C13H20BFO4. The highest BCUT2D eigenvalue weighted by Gasteiger charge is 2.16. The fraction of sp³-hybridized carbons (Fsp3) is 0.538. The van der Waals surface area contributed by atoms with Crippen molar-refractivity contribution in [2.75, 3.05) is 19.8 Å². The lowest BCUT2D eigenvalue weighted by atomic mass is 9.79. The predicted molar refractivity (Wildman–Crippen MR) is 71.5 cm³/mol. The Labute approximate surface area is 113 Å². The monoisotopic (exact) mass is 270 g/mol. The molecule has 0 fully saturated rings. The van der Waals surface area contributed by atoms with Gasteiger partial charge in [-0.2, -0.15) is 0 Å². The summed E-state index contributed by atoms with van der Waals surface area (Å²) in [5.41, 5.74) is 0.547. The maximum Gasteiger partial charge on any atom is 0.491 e. The Morgan fingerprint density at radius 3 is 2.53 bits per heavy atom. The SMILES string of the molecule is CC(C)COCCOCc1ccc(F)c(B(O)O)c1. The Morgan fingerprint density at radius 1 is 1.21 bits per heavy atom. The minimum absolute atomic E-state index is 0.142. The second-order valence-electron chi connectivity index (χ2n) is 4.75. The van der Waals surface area contributed by atoms with Gasteiger partial charge in [-0.15, -0.1) is 0 Å². The molecule has 0 aromatic heterocycles. The molecule has 0 aliphatic rings. The van der Waals surface area contributed by atoms with Crippen LogP contribution < -0.4 is 5.46 Å². The lowest BCUT2D eigenvalue weighted by molar-refractivity contribution is 0.0314. The molecule has 0 heterocycles. The first-order valence-electron chi connectivity index (χ1n) is 6.30. The quantitative estimate of drug-likeness (QED) is 0.539. The summed E-state index contributed by atoms with van der Waals surface area (Å²) in [4.78, 5) is 0. The van der Waals surface area contributed by atoms with Gasteiger partial charge in [0.25, 0.3) is 0 Å². The van der Waals surface area contributed by atoms with Crippen LogP contribution in [0.25, 0.3) is 0 Å². The summed E-state index contributed by atoms with van der Waals surface area (Å²) in [5.74, 6) is -0.148. The normalized spacial score (nSPS) is 11.1. The third-order valence-corrected chi connectivity index (χ3v) is 2.43. The van der Waals surface area contributed by atoms with E-state index >= 15 is 0 Å². The highest BCUT2D eigenvalue weighted by Crippen LogP contribution is 2.03. The highest BCUT2D eigenvalue weighted by atomic mass is 19.1. The first kappa shape index (κ1) is 16.1. The fourth-order valence-electron chi connectivity index (χ4n) is 1.51. The molecule has 0 amide bonds. The van der Waals surface area contributed by atoms with Crippen LogP contribution in [0.4, 0.5) is 4.39 Å². The summed E-state index contributed by atoms with van der Waals surface area (Å²) < 4.78 is 23.9. The van der Waals surface area contributed by atoms with E-state index in [1.807, 2.05) is 0 Å². The molecule has 1 rings (SSSR count). The first-order chi connectivity index (χ1) is 9.00.